The summed E-state index contributed by atoms with van der Waals surface area (Å²) in [6, 6.07) is 26.5. The highest BCUT2D eigenvalue weighted by Crippen LogP contribution is 2.36. The quantitative estimate of drug-likeness (QED) is 0.577. The molecule has 0 aliphatic rings. The monoisotopic (exact) mass is 301 g/mol. The zero-order valence-electron chi connectivity index (χ0n) is 13.1. The Morgan fingerprint density at radius 3 is 1.87 bits per heavy atom. The number of carbonyl (C=O) groups excluding carboxylic acids is 1. The van der Waals surface area contributed by atoms with Crippen molar-refractivity contribution in [2.75, 3.05) is 4.90 Å². The van der Waals surface area contributed by atoms with Crippen molar-refractivity contribution in [2.24, 2.45) is 0 Å². The lowest BCUT2D eigenvalue weighted by molar-refractivity contribution is 0.112. The Morgan fingerprint density at radius 2 is 1.39 bits per heavy atom. The highest BCUT2D eigenvalue weighted by atomic mass is 16.1. The van der Waals surface area contributed by atoms with Gasteiger partial charge < -0.3 is 4.90 Å². The number of para-hydroxylation sites is 2. The third kappa shape index (κ3) is 3.16. The van der Waals surface area contributed by atoms with Gasteiger partial charge in [-0.15, -0.1) is 0 Å². The Kier molecular flexibility index (Phi) is 4.53. The van der Waals surface area contributed by atoms with E-state index in [9.17, 15) is 4.79 Å². The van der Waals surface area contributed by atoms with Crippen molar-refractivity contribution >= 4 is 23.3 Å². The number of rotatable bonds is 5. The van der Waals surface area contributed by atoms with Crippen molar-refractivity contribution < 1.29 is 4.79 Å². The minimum atomic E-state index is 0.715. The zero-order chi connectivity index (χ0) is 16.1. The molecule has 114 valence electrons. The van der Waals surface area contributed by atoms with Crippen molar-refractivity contribution in [3.05, 3.63) is 90.0 Å². The van der Waals surface area contributed by atoms with E-state index in [0.29, 0.717) is 5.56 Å². The molecule has 23 heavy (non-hydrogen) atoms. The Morgan fingerprint density at radius 1 is 0.826 bits per heavy atom. The number of anilines is 3. The highest BCUT2D eigenvalue weighted by Gasteiger charge is 2.15. The molecule has 3 aromatic rings. The van der Waals surface area contributed by atoms with Crippen molar-refractivity contribution in [3.8, 4) is 0 Å². The van der Waals surface area contributed by atoms with Gasteiger partial charge in [-0.05, 0) is 54.4 Å². The van der Waals surface area contributed by atoms with Crippen LogP contribution in [0, 0.1) is 0 Å². The fourth-order valence-electron chi connectivity index (χ4n) is 2.76. The first-order chi connectivity index (χ1) is 11.3. The number of nitrogens with zero attached hydrogens (tertiary/aromatic N) is 1. The van der Waals surface area contributed by atoms with E-state index in [1.165, 1.54) is 0 Å². The lowest BCUT2D eigenvalue weighted by Gasteiger charge is -2.27. The van der Waals surface area contributed by atoms with E-state index in [-0.39, 0.29) is 0 Å². The van der Waals surface area contributed by atoms with Crippen LogP contribution in [0.25, 0.3) is 0 Å². The average Bonchev–Trinajstić information content (AvgIpc) is 2.64. The van der Waals surface area contributed by atoms with Crippen LogP contribution in [0.5, 0.6) is 0 Å². The van der Waals surface area contributed by atoms with Crippen LogP contribution in [0.1, 0.15) is 22.8 Å². The van der Waals surface area contributed by atoms with E-state index >= 15 is 0 Å². The third-order valence-corrected chi connectivity index (χ3v) is 3.89. The first-order valence-corrected chi connectivity index (χ1v) is 7.82. The molecular weight excluding hydrogens is 282 g/mol. The second-order valence-corrected chi connectivity index (χ2v) is 5.37. The lowest BCUT2D eigenvalue weighted by Crippen LogP contribution is -2.12. The van der Waals surface area contributed by atoms with Crippen molar-refractivity contribution in [3.63, 3.8) is 0 Å². The fraction of sp³-hybridized carbons (Fsp3) is 0.0952. The molecule has 0 aliphatic heterocycles. The summed E-state index contributed by atoms with van der Waals surface area (Å²) in [5.74, 6) is 0. The normalized spacial score (nSPS) is 10.3. The Hall–Kier alpha value is -2.87. The minimum absolute atomic E-state index is 0.715. The topological polar surface area (TPSA) is 20.3 Å². The Labute approximate surface area is 137 Å². The average molecular weight is 301 g/mol. The molecule has 0 N–H and O–H groups in total. The summed E-state index contributed by atoms with van der Waals surface area (Å²) in [4.78, 5) is 13.3. The number of hydrogen-bond acceptors (Lipinski definition) is 2. The summed E-state index contributed by atoms with van der Waals surface area (Å²) in [5, 5.41) is 0. The van der Waals surface area contributed by atoms with Gasteiger partial charge in [0.05, 0.1) is 0 Å². The third-order valence-electron chi connectivity index (χ3n) is 3.89. The number of carbonyl (C=O) groups is 1. The molecule has 3 aromatic carbocycles. The summed E-state index contributed by atoms with van der Waals surface area (Å²) < 4.78 is 0. The van der Waals surface area contributed by atoms with Gasteiger partial charge in [-0.2, -0.15) is 0 Å². The van der Waals surface area contributed by atoms with E-state index < -0.39 is 0 Å². The van der Waals surface area contributed by atoms with Gasteiger partial charge >= 0.3 is 0 Å². The van der Waals surface area contributed by atoms with Crippen LogP contribution in [0.4, 0.5) is 17.1 Å². The van der Waals surface area contributed by atoms with Crippen LogP contribution in [0.3, 0.4) is 0 Å². The molecule has 0 heterocycles. The van der Waals surface area contributed by atoms with Crippen molar-refractivity contribution in [1.82, 2.24) is 0 Å². The van der Waals surface area contributed by atoms with Gasteiger partial charge in [0.1, 0.15) is 6.29 Å². The molecule has 0 fully saturated rings. The van der Waals surface area contributed by atoms with E-state index in [2.05, 4.69) is 36.1 Å². The highest BCUT2D eigenvalue weighted by molar-refractivity contribution is 5.82. The smallest absolute Gasteiger partial charge is 0.150 e. The molecule has 0 saturated heterocycles. The summed E-state index contributed by atoms with van der Waals surface area (Å²) in [6.45, 7) is 2.11. The second-order valence-electron chi connectivity index (χ2n) is 5.37. The van der Waals surface area contributed by atoms with Crippen LogP contribution < -0.4 is 4.90 Å². The number of benzene rings is 3. The summed E-state index contributed by atoms with van der Waals surface area (Å²) in [7, 11) is 0. The van der Waals surface area contributed by atoms with Gasteiger partial charge in [0.2, 0.25) is 0 Å². The van der Waals surface area contributed by atoms with Crippen molar-refractivity contribution in [1.29, 1.82) is 0 Å². The number of aryl methyl sites for hydroxylation is 1. The Balaban J connectivity index is 2.19. The first kappa shape index (κ1) is 15.0. The second kappa shape index (κ2) is 6.93. The maximum Gasteiger partial charge on any atom is 0.150 e. The molecule has 0 bridgehead atoms. The zero-order valence-corrected chi connectivity index (χ0v) is 13.1. The largest absolute Gasteiger partial charge is 0.310 e. The van der Waals surface area contributed by atoms with Crippen LogP contribution in [0.15, 0.2) is 78.9 Å². The van der Waals surface area contributed by atoms with Crippen LogP contribution in [-0.2, 0) is 6.42 Å². The molecule has 2 heteroatoms. The van der Waals surface area contributed by atoms with Crippen molar-refractivity contribution in [2.45, 2.75) is 13.3 Å². The molecule has 0 spiro atoms. The number of hydrogen-bond donors (Lipinski definition) is 0. The van der Waals surface area contributed by atoms with Gasteiger partial charge in [-0.25, -0.2) is 0 Å². The Bertz CT molecular complexity index is 742. The van der Waals surface area contributed by atoms with E-state index in [0.717, 1.165) is 35.3 Å². The molecule has 0 saturated carbocycles. The van der Waals surface area contributed by atoms with Crippen LogP contribution in [-0.4, -0.2) is 6.29 Å². The fourth-order valence-corrected chi connectivity index (χ4v) is 2.76. The van der Waals surface area contributed by atoms with E-state index in [4.69, 9.17) is 0 Å². The molecule has 0 unspecified atom stereocenters. The molecule has 0 aliphatic carbocycles. The van der Waals surface area contributed by atoms with Gasteiger partial charge in [-0.3, -0.25) is 4.79 Å². The standard InChI is InChI=1S/C21H19NO/c1-2-18-15-17(16-23)13-14-21(18)22(19-9-5-3-6-10-19)20-11-7-4-8-12-20/h3-16H,2H2,1H3. The molecule has 0 atom stereocenters. The van der Waals surface area contributed by atoms with Gasteiger partial charge in [0, 0.05) is 22.6 Å². The molecule has 2 nitrogen and oxygen atoms in total. The minimum Gasteiger partial charge on any atom is -0.310 e. The van der Waals surface area contributed by atoms with E-state index in [1.54, 1.807) is 0 Å². The van der Waals surface area contributed by atoms with Gasteiger partial charge in [0.15, 0.2) is 0 Å². The maximum absolute atomic E-state index is 11.1. The van der Waals surface area contributed by atoms with E-state index in [1.807, 2.05) is 54.6 Å². The van der Waals surface area contributed by atoms with Crippen LogP contribution in [0.2, 0.25) is 0 Å². The van der Waals surface area contributed by atoms with Gasteiger partial charge in [0.25, 0.3) is 0 Å². The SMILES string of the molecule is CCc1cc(C=O)ccc1N(c1ccccc1)c1ccccc1. The number of aldehydes is 1. The molecular formula is C21H19NO. The lowest BCUT2D eigenvalue weighted by atomic mass is 10.0. The first-order valence-electron chi connectivity index (χ1n) is 7.82. The van der Waals surface area contributed by atoms with Gasteiger partial charge in [-0.1, -0.05) is 43.3 Å². The predicted molar refractivity (Wildman–Crippen MR) is 95.9 cm³/mol. The predicted octanol–water partition coefficient (Wildman–Crippen LogP) is 5.53. The van der Waals surface area contributed by atoms with Crippen LogP contribution >= 0.6 is 0 Å². The maximum atomic E-state index is 11.1. The summed E-state index contributed by atoms with van der Waals surface area (Å²) in [5.41, 5.74) is 5.18. The summed E-state index contributed by atoms with van der Waals surface area (Å²) in [6.07, 6.45) is 1.77. The molecule has 0 amide bonds. The molecule has 0 aromatic heterocycles. The summed E-state index contributed by atoms with van der Waals surface area (Å²) >= 11 is 0. The molecule has 3 rings (SSSR count). The molecule has 0 radical (unpaired) electrons.